The number of morpholine rings is 1. The number of hydrogen-bond donors (Lipinski definition) is 0. The Balaban J connectivity index is 1.69. The predicted molar refractivity (Wildman–Crippen MR) is 63.6 cm³/mol. The number of pyridine rings is 1. The molecule has 1 aliphatic rings. The molecule has 94 valence electrons. The first-order valence-corrected chi connectivity index (χ1v) is 5.95. The Morgan fingerprint density at radius 2 is 2.17 bits per heavy atom. The van der Waals surface area contributed by atoms with Crippen LogP contribution in [-0.2, 0) is 11.3 Å². The lowest BCUT2D eigenvalue weighted by atomic mass is 10.3. The van der Waals surface area contributed by atoms with E-state index in [0.717, 1.165) is 31.9 Å². The molecule has 6 heteroatoms. The first-order chi connectivity index (χ1) is 8.92. The van der Waals surface area contributed by atoms with Crippen molar-refractivity contribution in [1.82, 2.24) is 20.0 Å². The molecule has 18 heavy (non-hydrogen) atoms. The lowest BCUT2D eigenvalue weighted by molar-refractivity contribution is 0.0297. The standard InChI is InChI=1S/C12H14N4O2/c1-2-10(8-13-3-1)12-14-11(18-15-12)9-16-4-6-17-7-5-16/h1-3,8H,4-7,9H2. The van der Waals surface area contributed by atoms with Crippen molar-refractivity contribution in [2.24, 2.45) is 0 Å². The van der Waals surface area contributed by atoms with Gasteiger partial charge >= 0.3 is 0 Å². The molecule has 3 heterocycles. The summed E-state index contributed by atoms with van der Waals surface area (Å²) in [5, 5.41) is 3.97. The minimum absolute atomic E-state index is 0.589. The van der Waals surface area contributed by atoms with Crippen LogP contribution in [0.1, 0.15) is 5.89 Å². The molecular formula is C12H14N4O2. The molecule has 0 spiro atoms. The molecule has 0 bridgehead atoms. The van der Waals surface area contributed by atoms with Crippen molar-refractivity contribution in [3.05, 3.63) is 30.4 Å². The second-order valence-corrected chi connectivity index (χ2v) is 4.14. The van der Waals surface area contributed by atoms with E-state index >= 15 is 0 Å². The summed E-state index contributed by atoms with van der Waals surface area (Å²) in [6, 6.07) is 3.77. The summed E-state index contributed by atoms with van der Waals surface area (Å²) in [4.78, 5) is 10.7. The maximum atomic E-state index is 5.30. The van der Waals surface area contributed by atoms with Crippen LogP contribution in [0.3, 0.4) is 0 Å². The van der Waals surface area contributed by atoms with Gasteiger partial charge in [-0.25, -0.2) is 0 Å². The van der Waals surface area contributed by atoms with Gasteiger partial charge in [0, 0.05) is 31.0 Å². The summed E-state index contributed by atoms with van der Waals surface area (Å²) >= 11 is 0. The van der Waals surface area contributed by atoms with Gasteiger partial charge in [0.1, 0.15) is 0 Å². The topological polar surface area (TPSA) is 64.3 Å². The third-order valence-corrected chi connectivity index (χ3v) is 2.85. The number of ether oxygens (including phenoxy) is 1. The second kappa shape index (κ2) is 5.24. The van der Waals surface area contributed by atoms with Gasteiger partial charge in [-0.2, -0.15) is 4.98 Å². The maximum absolute atomic E-state index is 5.30. The molecule has 3 rings (SSSR count). The normalized spacial score (nSPS) is 16.9. The van der Waals surface area contributed by atoms with Gasteiger partial charge in [-0.1, -0.05) is 5.16 Å². The van der Waals surface area contributed by atoms with E-state index in [1.54, 1.807) is 12.4 Å². The predicted octanol–water partition coefficient (Wildman–Crippen LogP) is 0.964. The summed E-state index contributed by atoms with van der Waals surface area (Å²) < 4.78 is 10.5. The lowest BCUT2D eigenvalue weighted by Gasteiger charge is -2.24. The summed E-state index contributed by atoms with van der Waals surface area (Å²) in [6.07, 6.45) is 3.45. The van der Waals surface area contributed by atoms with E-state index in [-0.39, 0.29) is 0 Å². The van der Waals surface area contributed by atoms with E-state index in [1.807, 2.05) is 12.1 Å². The molecule has 0 aromatic carbocycles. The molecule has 0 atom stereocenters. The van der Waals surface area contributed by atoms with E-state index in [1.165, 1.54) is 0 Å². The van der Waals surface area contributed by atoms with Crippen molar-refractivity contribution in [2.45, 2.75) is 6.54 Å². The highest BCUT2D eigenvalue weighted by Crippen LogP contribution is 2.14. The first-order valence-electron chi connectivity index (χ1n) is 5.95. The van der Waals surface area contributed by atoms with Crippen LogP contribution in [0.25, 0.3) is 11.4 Å². The van der Waals surface area contributed by atoms with Crippen LogP contribution < -0.4 is 0 Å². The highest BCUT2D eigenvalue weighted by molar-refractivity contribution is 5.51. The first kappa shape index (κ1) is 11.3. The Morgan fingerprint density at radius 3 is 2.94 bits per heavy atom. The zero-order valence-corrected chi connectivity index (χ0v) is 9.95. The summed E-state index contributed by atoms with van der Waals surface area (Å²) in [5.41, 5.74) is 0.870. The minimum atomic E-state index is 0.589. The Kier molecular flexibility index (Phi) is 3.29. The van der Waals surface area contributed by atoms with Crippen molar-refractivity contribution in [2.75, 3.05) is 26.3 Å². The molecule has 1 fully saturated rings. The third kappa shape index (κ3) is 2.55. The van der Waals surface area contributed by atoms with Crippen molar-refractivity contribution in [1.29, 1.82) is 0 Å². The molecule has 0 saturated carbocycles. The Labute approximate surface area is 105 Å². The maximum Gasteiger partial charge on any atom is 0.241 e. The molecule has 0 aliphatic carbocycles. The number of aromatic nitrogens is 3. The van der Waals surface area contributed by atoms with Gasteiger partial charge in [0.25, 0.3) is 0 Å². The zero-order valence-electron chi connectivity index (χ0n) is 9.95. The van der Waals surface area contributed by atoms with Crippen LogP contribution in [0.2, 0.25) is 0 Å². The van der Waals surface area contributed by atoms with Gasteiger partial charge in [0.15, 0.2) is 0 Å². The number of hydrogen-bond acceptors (Lipinski definition) is 6. The van der Waals surface area contributed by atoms with Crippen molar-refractivity contribution in [3.8, 4) is 11.4 Å². The monoisotopic (exact) mass is 246 g/mol. The molecule has 0 N–H and O–H groups in total. The van der Waals surface area contributed by atoms with Crippen molar-refractivity contribution < 1.29 is 9.26 Å². The Hall–Kier alpha value is -1.79. The van der Waals surface area contributed by atoms with Crippen LogP contribution >= 0.6 is 0 Å². The Bertz CT molecular complexity index is 494. The molecule has 0 radical (unpaired) electrons. The fraction of sp³-hybridized carbons (Fsp3) is 0.417. The fourth-order valence-corrected chi connectivity index (χ4v) is 1.88. The van der Waals surface area contributed by atoms with E-state index < -0.39 is 0 Å². The van der Waals surface area contributed by atoms with E-state index in [0.29, 0.717) is 18.3 Å². The van der Waals surface area contributed by atoms with Gasteiger partial charge in [0.05, 0.1) is 19.8 Å². The van der Waals surface area contributed by atoms with Gasteiger partial charge in [-0.05, 0) is 12.1 Å². The molecule has 2 aromatic heterocycles. The fourth-order valence-electron chi connectivity index (χ4n) is 1.88. The molecule has 0 unspecified atom stereocenters. The number of rotatable bonds is 3. The molecular weight excluding hydrogens is 232 g/mol. The van der Waals surface area contributed by atoms with Crippen LogP contribution in [0.15, 0.2) is 29.0 Å². The number of nitrogens with zero attached hydrogens (tertiary/aromatic N) is 4. The lowest BCUT2D eigenvalue weighted by Crippen LogP contribution is -2.35. The largest absolute Gasteiger partial charge is 0.379 e. The van der Waals surface area contributed by atoms with Crippen LogP contribution in [0, 0.1) is 0 Å². The van der Waals surface area contributed by atoms with E-state index in [2.05, 4.69) is 20.0 Å². The summed E-state index contributed by atoms with van der Waals surface area (Å²) in [7, 11) is 0. The third-order valence-electron chi connectivity index (χ3n) is 2.85. The highest BCUT2D eigenvalue weighted by atomic mass is 16.5. The molecule has 1 saturated heterocycles. The highest BCUT2D eigenvalue weighted by Gasteiger charge is 2.15. The zero-order chi connectivity index (χ0) is 12.2. The quantitative estimate of drug-likeness (QED) is 0.804. The van der Waals surface area contributed by atoms with E-state index in [9.17, 15) is 0 Å². The second-order valence-electron chi connectivity index (χ2n) is 4.14. The molecule has 2 aromatic rings. The molecule has 6 nitrogen and oxygen atoms in total. The van der Waals surface area contributed by atoms with Crippen molar-refractivity contribution >= 4 is 0 Å². The summed E-state index contributed by atoms with van der Waals surface area (Å²) in [6.45, 7) is 4.03. The summed E-state index contributed by atoms with van der Waals surface area (Å²) in [5.74, 6) is 1.22. The smallest absolute Gasteiger partial charge is 0.241 e. The van der Waals surface area contributed by atoms with Gasteiger partial charge in [-0.3, -0.25) is 9.88 Å². The van der Waals surface area contributed by atoms with Gasteiger partial charge in [-0.15, -0.1) is 0 Å². The van der Waals surface area contributed by atoms with Crippen LogP contribution in [0.4, 0.5) is 0 Å². The van der Waals surface area contributed by atoms with Crippen LogP contribution in [0.5, 0.6) is 0 Å². The van der Waals surface area contributed by atoms with E-state index in [4.69, 9.17) is 9.26 Å². The average Bonchev–Trinajstić information content (AvgIpc) is 2.89. The SMILES string of the molecule is c1cncc(-c2noc(CN3CCOCC3)n2)c1. The minimum Gasteiger partial charge on any atom is -0.379 e. The van der Waals surface area contributed by atoms with Gasteiger partial charge in [0.2, 0.25) is 11.7 Å². The van der Waals surface area contributed by atoms with Crippen molar-refractivity contribution in [3.63, 3.8) is 0 Å². The van der Waals surface area contributed by atoms with Gasteiger partial charge < -0.3 is 9.26 Å². The average molecular weight is 246 g/mol. The van der Waals surface area contributed by atoms with Crippen LogP contribution in [-0.4, -0.2) is 46.3 Å². The molecule has 1 aliphatic heterocycles. The molecule has 0 amide bonds. The Morgan fingerprint density at radius 1 is 1.28 bits per heavy atom.